The first-order chi connectivity index (χ1) is 8.65. The van der Waals surface area contributed by atoms with E-state index in [0.717, 1.165) is 25.3 Å². The predicted octanol–water partition coefficient (Wildman–Crippen LogP) is 2.93. The van der Waals surface area contributed by atoms with Crippen molar-refractivity contribution in [3.8, 4) is 5.75 Å². The molecule has 2 rings (SSSR count). The maximum atomic E-state index is 6.20. The smallest absolute Gasteiger partial charge is 0.137 e. The lowest BCUT2D eigenvalue weighted by atomic mass is 10.1. The zero-order chi connectivity index (χ0) is 13.1. The summed E-state index contributed by atoms with van der Waals surface area (Å²) in [7, 11) is 1.64. The fourth-order valence-corrected chi connectivity index (χ4v) is 2.65. The molecule has 2 atom stereocenters. The van der Waals surface area contributed by atoms with Crippen LogP contribution in [0.2, 0.25) is 5.02 Å². The van der Waals surface area contributed by atoms with Gasteiger partial charge in [-0.2, -0.15) is 0 Å². The van der Waals surface area contributed by atoms with Gasteiger partial charge in [-0.15, -0.1) is 0 Å². The van der Waals surface area contributed by atoms with Gasteiger partial charge < -0.3 is 15.0 Å². The molecule has 0 aromatic heterocycles. The van der Waals surface area contributed by atoms with Crippen molar-refractivity contribution in [3.05, 3.63) is 23.2 Å². The summed E-state index contributed by atoms with van der Waals surface area (Å²) < 4.78 is 5.19. The molecule has 0 bridgehead atoms. The van der Waals surface area contributed by atoms with Crippen molar-refractivity contribution < 1.29 is 4.74 Å². The van der Waals surface area contributed by atoms with Crippen LogP contribution in [-0.4, -0.2) is 32.3 Å². The van der Waals surface area contributed by atoms with Gasteiger partial charge >= 0.3 is 0 Å². The fraction of sp³-hybridized carbons (Fsp3) is 0.571. The van der Waals surface area contributed by atoms with E-state index in [1.54, 1.807) is 7.11 Å². The van der Waals surface area contributed by atoms with Crippen LogP contribution in [0.15, 0.2) is 18.2 Å². The average molecular weight is 269 g/mol. The van der Waals surface area contributed by atoms with Crippen molar-refractivity contribution in [1.29, 1.82) is 0 Å². The quantitative estimate of drug-likeness (QED) is 0.912. The molecule has 0 spiro atoms. The third-order valence-electron chi connectivity index (χ3n) is 3.61. The molecule has 1 fully saturated rings. The Balaban J connectivity index is 2.21. The molecule has 1 N–H and O–H groups in total. The van der Waals surface area contributed by atoms with Crippen LogP contribution in [0.25, 0.3) is 0 Å². The molecule has 3 nitrogen and oxygen atoms in total. The number of benzene rings is 1. The highest BCUT2D eigenvalue weighted by Gasteiger charge is 2.24. The Labute approximate surface area is 114 Å². The fourth-order valence-electron chi connectivity index (χ4n) is 2.40. The van der Waals surface area contributed by atoms with Crippen LogP contribution in [0.4, 0.5) is 5.69 Å². The van der Waals surface area contributed by atoms with Crippen molar-refractivity contribution in [3.63, 3.8) is 0 Å². The molecule has 1 aliphatic heterocycles. The van der Waals surface area contributed by atoms with Gasteiger partial charge in [0.15, 0.2) is 0 Å². The van der Waals surface area contributed by atoms with Gasteiger partial charge in [0.05, 0.1) is 12.1 Å². The Morgan fingerprint density at radius 3 is 2.89 bits per heavy atom. The average Bonchev–Trinajstić information content (AvgIpc) is 2.39. The van der Waals surface area contributed by atoms with Crippen molar-refractivity contribution in [2.45, 2.75) is 32.4 Å². The molecule has 1 aromatic rings. The van der Waals surface area contributed by atoms with Crippen molar-refractivity contribution in [2.24, 2.45) is 0 Å². The largest absolute Gasteiger partial charge is 0.495 e. The summed E-state index contributed by atoms with van der Waals surface area (Å²) in [5, 5.41) is 4.23. The number of nitrogens with zero attached hydrogens (tertiary/aromatic N) is 1. The Bertz CT molecular complexity index is 411. The van der Waals surface area contributed by atoms with E-state index in [-0.39, 0.29) is 0 Å². The minimum absolute atomic E-state index is 0.484. The molecule has 4 heteroatoms. The lowest BCUT2D eigenvalue weighted by Crippen LogP contribution is -2.55. The molecule has 1 aliphatic rings. The second kappa shape index (κ2) is 5.81. The van der Waals surface area contributed by atoms with E-state index < -0.39 is 0 Å². The summed E-state index contributed by atoms with van der Waals surface area (Å²) in [4.78, 5) is 2.41. The van der Waals surface area contributed by atoms with Crippen LogP contribution in [0, 0.1) is 0 Å². The Hall–Kier alpha value is -0.930. The first-order valence-electron chi connectivity index (χ1n) is 6.49. The summed E-state index contributed by atoms with van der Waals surface area (Å²) in [5.74, 6) is 0.732. The van der Waals surface area contributed by atoms with E-state index >= 15 is 0 Å². The third kappa shape index (κ3) is 2.73. The number of anilines is 1. The van der Waals surface area contributed by atoms with E-state index in [1.165, 1.54) is 5.69 Å². The summed E-state index contributed by atoms with van der Waals surface area (Å²) in [6.45, 7) is 6.49. The number of methoxy groups -OCH3 is 1. The molecule has 2 unspecified atom stereocenters. The number of nitrogens with one attached hydrogen (secondary N) is 1. The Morgan fingerprint density at radius 1 is 1.50 bits per heavy atom. The number of piperazine rings is 1. The van der Waals surface area contributed by atoms with Gasteiger partial charge in [-0.25, -0.2) is 0 Å². The van der Waals surface area contributed by atoms with Crippen LogP contribution in [0.3, 0.4) is 0 Å². The van der Waals surface area contributed by atoms with Crippen LogP contribution in [0.5, 0.6) is 5.75 Å². The molecule has 0 aliphatic carbocycles. The third-order valence-corrected chi connectivity index (χ3v) is 3.91. The van der Waals surface area contributed by atoms with E-state index in [0.29, 0.717) is 17.1 Å². The number of hydrogen-bond acceptors (Lipinski definition) is 3. The van der Waals surface area contributed by atoms with Gasteiger partial charge in [-0.3, -0.25) is 0 Å². The molecule has 100 valence electrons. The maximum Gasteiger partial charge on any atom is 0.137 e. The molecule has 18 heavy (non-hydrogen) atoms. The second-order valence-electron chi connectivity index (χ2n) is 4.83. The molecule has 1 aromatic carbocycles. The minimum Gasteiger partial charge on any atom is -0.495 e. The van der Waals surface area contributed by atoms with E-state index in [4.69, 9.17) is 16.3 Å². The lowest BCUT2D eigenvalue weighted by molar-refractivity contribution is 0.397. The molecular weight excluding hydrogens is 248 g/mol. The predicted molar refractivity (Wildman–Crippen MR) is 76.9 cm³/mol. The van der Waals surface area contributed by atoms with Crippen LogP contribution < -0.4 is 15.0 Å². The first kappa shape index (κ1) is 13.5. The second-order valence-corrected chi connectivity index (χ2v) is 5.24. The monoisotopic (exact) mass is 268 g/mol. The number of halogens is 1. The van der Waals surface area contributed by atoms with Crippen molar-refractivity contribution in [2.75, 3.05) is 25.1 Å². The van der Waals surface area contributed by atoms with E-state index in [9.17, 15) is 0 Å². The van der Waals surface area contributed by atoms with Gasteiger partial charge in [-0.05, 0) is 31.5 Å². The standard InChI is InChI=1S/C14H21ClN2O/c1-4-11-9-17(10(2)8-16-11)12-5-6-14(18-3)13(15)7-12/h5-7,10-11,16H,4,8-9H2,1-3H3. The molecule has 0 saturated carbocycles. The Morgan fingerprint density at radius 2 is 2.28 bits per heavy atom. The summed E-state index contributed by atoms with van der Waals surface area (Å²) in [5.41, 5.74) is 1.17. The van der Waals surface area contributed by atoms with Gasteiger partial charge in [0, 0.05) is 30.9 Å². The molecular formula is C14H21ClN2O. The molecule has 0 amide bonds. The Kier molecular flexibility index (Phi) is 4.36. The van der Waals surface area contributed by atoms with Gasteiger partial charge in [0.25, 0.3) is 0 Å². The zero-order valence-electron chi connectivity index (χ0n) is 11.2. The highest BCUT2D eigenvalue weighted by molar-refractivity contribution is 6.32. The van der Waals surface area contributed by atoms with Crippen molar-refractivity contribution >= 4 is 17.3 Å². The van der Waals surface area contributed by atoms with E-state index in [1.807, 2.05) is 12.1 Å². The van der Waals surface area contributed by atoms with E-state index in [2.05, 4.69) is 30.1 Å². The summed E-state index contributed by atoms with van der Waals surface area (Å²) in [6, 6.07) is 7.06. The highest BCUT2D eigenvalue weighted by atomic mass is 35.5. The zero-order valence-corrected chi connectivity index (χ0v) is 12.0. The lowest BCUT2D eigenvalue weighted by Gasteiger charge is -2.40. The topological polar surface area (TPSA) is 24.5 Å². The SMILES string of the molecule is CCC1CN(c2ccc(OC)c(Cl)c2)C(C)CN1. The van der Waals surface area contributed by atoms with Crippen molar-refractivity contribution in [1.82, 2.24) is 5.32 Å². The van der Waals surface area contributed by atoms with Gasteiger partial charge in [0.1, 0.15) is 5.75 Å². The highest BCUT2D eigenvalue weighted by Crippen LogP contribution is 2.30. The normalized spacial score (nSPS) is 24.1. The maximum absolute atomic E-state index is 6.20. The van der Waals surface area contributed by atoms with Crippen LogP contribution in [-0.2, 0) is 0 Å². The number of rotatable bonds is 3. The molecule has 1 saturated heterocycles. The molecule has 1 heterocycles. The summed E-state index contributed by atoms with van der Waals surface area (Å²) in [6.07, 6.45) is 1.15. The van der Waals surface area contributed by atoms with Crippen LogP contribution in [0.1, 0.15) is 20.3 Å². The van der Waals surface area contributed by atoms with Crippen LogP contribution >= 0.6 is 11.6 Å². The number of hydrogen-bond donors (Lipinski definition) is 1. The number of ether oxygens (including phenoxy) is 1. The molecule has 0 radical (unpaired) electrons. The summed E-state index contributed by atoms with van der Waals surface area (Å²) >= 11 is 6.20. The van der Waals surface area contributed by atoms with Gasteiger partial charge in [0.2, 0.25) is 0 Å². The minimum atomic E-state index is 0.484. The first-order valence-corrected chi connectivity index (χ1v) is 6.87. The van der Waals surface area contributed by atoms with Gasteiger partial charge in [-0.1, -0.05) is 18.5 Å².